The number of hydrogen-bond acceptors (Lipinski definition) is 4. The summed E-state index contributed by atoms with van der Waals surface area (Å²) < 4.78 is 34.7. The molecule has 2 N–H and O–H groups in total. The van der Waals surface area contributed by atoms with E-state index in [1.807, 2.05) is 24.3 Å². The van der Waals surface area contributed by atoms with Crippen LogP contribution < -0.4 is 14.8 Å². The van der Waals surface area contributed by atoms with Crippen LogP contribution in [0.15, 0.2) is 102 Å². The minimum absolute atomic E-state index is 0.0388. The molecule has 0 aromatic heterocycles. The lowest BCUT2D eigenvalue weighted by molar-refractivity contribution is 0.102. The number of halogens is 4. The van der Waals surface area contributed by atoms with Gasteiger partial charge in [0.25, 0.3) is 15.9 Å². The highest BCUT2D eigenvalue weighted by atomic mass is 35.5. The van der Waals surface area contributed by atoms with Crippen molar-refractivity contribution in [3.63, 3.8) is 0 Å². The fourth-order valence-corrected chi connectivity index (χ4v) is 6.06. The minimum atomic E-state index is -4.01. The van der Waals surface area contributed by atoms with Crippen molar-refractivity contribution >= 4 is 84.5 Å². The second kappa shape index (κ2) is 11.6. The van der Waals surface area contributed by atoms with E-state index in [1.165, 1.54) is 36.4 Å². The number of amides is 1. The Kier molecular flexibility index (Phi) is 8.12. The van der Waals surface area contributed by atoms with Gasteiger partial charge in [0.05, 0.1) is 26.2 Å². The van der Waals surface area contributed by atoms with Crippen LogP contribution in [0.25, 0.3) is 10.8 Å². The average Bonchev–Trinajstić information content (AvgIpc) is 2.92. The number of sulfonamides is 1. The molecular weight excluding hydrogens is 614 g/mol. The average molecular weight is 632 g/mol. The van der Waals surface area contributed by atoms with E-state index in [4.69, 9.17) is 51.1 Å². The van der Waals surface area contributed by atoms with Gasteiger partial charge < -0.3 is 10.1 Å². The molecule has 0 aliphatic rings. The summed E-state index contributed by atoms with van der Waals surface area (Å²) in [6.07, 6.45) is 0. The molecule has 0 radical (unpaired) electrons. The Morgan fingerprint density at radius 3 is 2.08 bits per heavy atom. The van der Waals surface area contributed by atoms with E-state index >= 15 is 0 Å². The summed E-state index contributed by atoms with van der Waals surface area (Å²) in [4.78, 5) is 13.3. The monoisotopic (exact) mass is 630 g/mol. The van der Waals surface area contributed by atoms with Crippen LogP contribution in [0.5, 0.6) is 11.5 Å². The van der Waals surface area contributed by atoms with Crippen LogP contribution in [0.2, 0.25) is 20.1 Å². The lowest BCUT2D eigenvalue weighted by Gasteiger charge is -2.14. The molecule has 0 unspecified atom stereocenters. The van der Waals surface area contributed by atoms with Crippen molar-refractivity contribution in [2.24, 2.45) is 0 Å². The second-order valence-corrected chi connectivity index (χ2v) is 12.0. The lowest BCUT2D eigenvalue weighted by Crippen LogP contribution is -2.18. The first kappa shape index (κ1) is 28.1. The van der Waals surface area contributed by atoms with Crippen molar-refractivity contribution < 1.29 is 17.9 Å². The van der Waals surface area contributed by atoms with E-state index in [2.05, 4.69) is 10.0 Å². The van der Waals surface area contributed by atoms with Crippen LogP contribution in [-0.4, -0.2) is 14.3 Å². The van der Waals surface area contributed by atoms with Crippen molar-refractivity contribution in [1.29, 1.82) is 0 Å². The molecule has 0 fully saturated rings. The third kappa shape index (κ3) is 6.30. The highest BCUT2D eigenvalue weighted by Crippen LogP contribution is 2.39. The van der Waals surface area contributed by atoms with Gasteiger partial charge in [0.1, 0.15) is 5.75 Å². The van der Waals surface area contributed by atoms with E-state index in [0.29, 0.717) is 16.5 Å². The first-order valence-corrected chi connectivity index (χ1v) is 14.6. The molecule has 0 saturated heterocycles. The molecule has 0 aliphatic carbocycles. The summed E-state index contributed by atoms with van der Waals surface area (Å²) in [6.45, 7) is 0. The Balaban J connectivity index is 1.35. The fraction of sp³-hybridized carbons (Fsp3) is 0. The number of fused-ring (bicyclic) bond motifs is 1. The Hall–Kier alpha value is -3.46. The minimum Gasteiger partial charge on any atom is -0.454 e. The quantitative estimate of drug-likeness (QED) is 0.187. The number of hydrogen-bond donors (Lipinski definition) is 2. The smallest absolute Gasteiger partial charge is 0.261 e. The van der Waals surface area contributed by atoms with Gasteiger partial charge in [0, 0.05) is 15.7 Å². The van der Waals surface area contributed by atoms with Crippen molar-refractivity contribution in [2.75, 3.05) is 10.0 Å². The normalized spacial score (nSPS) is 11.3. The van der Waals surface area contributed by atoms with Crippen molar-refractivity contribution in [3.8, 4) is 11.5 Å². The van der Waals surface area contributed by atoms with Crippen molar-refractivity contribution in [1.82, 2.24) is 0 Å². The number of anilines is 2. The molecule has 0 saturated carbocycles. The molecule has 0 bridgehead atoms. The standard InChI is InChI=1S/C29H18Cl4N2O4S/c30-19-6-12-27(35-40(37,38)23-11-5-17-3-1-2-4-18(17)13-23)24(14-19)29(36)34-21-7-9-22(10-8-21)39-28-25(32)15-20(31)16-26(28)33/h1-16,35H,(H,34,36). The van der Waals surface area contributed by atoms with Gasteiger partial charge in [-0.05, 0) is 77.5 Å². The molecule has 40 heavy (non-hydrogen) atoms. The zero-order valence-corrected chi connectivity index (χ0v) is 24.1. The van der Waals surface area contributed by atoms with Gasteiger partial charge in [-0.15, -0.1) is 0 Å². The van der Waals surface area contributed by atoms with Gasteiger partial charge in [0.15, 0.2) is 5.75 Å². The maximum absolute atomic E-state index is 13.2. The van der Waals surface area contributed by atoms with E-state index in [9.17, 15) is 13.2 Å². The summed E-state index contributed by atoms with van der Waals surface area (Å²) in [5, 5.41) is 5.54. The SMILES string of the molecule is O=C(Nc1ccc(Oc2c(Cl)cc(Cl)cc2Cl)cc1)c1cc(Cl)ccc1NS(=O)(=O)c1ccc2ccccc2c1. The molecule has 0 heterocycles. The molecule has 0 atom stereocenters. The third-order valence-corrected chi connectivity index (χ3v) is 8.17. The largest absolute Gasteiger partial charge is 0.454 e. The molecule has 6 nitrogen and oxygen atoms in total. The maximum Gasteiger partial charge on any atom is 0.261 e. The number of ether oxygens (including phenoxy) is 1. The van der Waals surface area contributed by atoms with Crippen LogP contribution in [0.4, 0.5) is 11.4 Å². The Morgan fingerprint density at radius 1 is 0.700 bits per heavy atom. The summed E-state index contributed by atoms with van der Waals surface area (Å²) >= 11 is 24.5. The van der Waals surface area contributed by atoms with Gasteiger partial charge in [0.2, 0.25) is 0 Å². The van der Waals surface area contributed by atoms with Crippen LogP contribution >= 0.6 is 46.4 Å². The molecule has 11 heteroatoms. The third-order valence-electron chi connectivity index (χ3n) is 5.80. The molecular formula is C29H18Cl4N2O4S. The lowest BCUT2D eigenvalue weighted by atomic mass is 10.1. The summed E-state index contributed by atoms with van der Waals surface area (Å²) in [7, 11) is -4.01. The van der Waals surface area contributed by atoms with Crippen LogP contribution in [-0.2, 0) is 10.0 Å². The van der Waals surface area contributed by atoms with Crippen LogP contribution in [0.3, 0.4) is 0 Å². The number of carbonyl (C=O) groups is 1. The summed E-state index contributed by atoms with van der Waals surface area (Å²) in [6, 6.07) is 26.0. The number of nitrogens with one attached hydrogen (secondary N) is 2. The van der Waals surface area contributed by atoms with Crippen LogP contribution in [0, 0.1) is 0 Å². The van der Waals surface area contributed by atoms with Gasteiger partial charge in [-0.3, -0.25) is 9.52 Å². The van der Waals surface area contributed by atoms with E-state index < -0.39 is 15.9 Å². The molecule has 0 aliphatic heterocycles. The Morgan fingerprint density at radius 2 is 1.38 bits per heavy atom. The Bertz CT molecular complexity index is 1840. The summed E-state index contributed by atoms with van der Waals surface area (Å²) in [5.41, 5.74) is 0.535. The van der Waals surface area contributed by atoms with E-state index in [-0.39, 0.29) is 37.0 Å². The predicted octanol–water partition coefficient (Wildman–Crippen LogP) is 9.30. The van der Waals surface area contributed by atoms with Crippen molar-refractivity contribution in [2.45, 2.75) is 4.90 Å². The number of carbonyl (C=O) groups excluding carboxylic acids is 1. The van der Waals surface area contributed by atoms with Gasteiger partial charge in [-0.2, -0.15) is 0 Å². The van der Waals surface area contributed by atoms with Gasteiger partial charge in [-0.1, -0.05) is 76.7 Å². The molecule has 0 spiro atoms. The predicted molar refractivity (Wildman–Crippen MR) is 162 cm³/mol. The van der Waals surface area contributed by atoms with E-state index in [0.717, 1.165) is 10.8 Å². The van der Waals surface area contributed by atoms with Crippen molar-refractivity contribution in [3.05, 3.63) is 123 Å². The topological polar surface area (TPSA) is 84.5 Å². The molecule has 5 rings (SSSR count). The molecule has 5 aromatic carbocycles. The highest BCUT2D eigenvalue weighted by Gasteiger charge is 2.20. The van der Waals surface area contributed by atoms with E-state index in [1.54, 1.807) is 36.4 Å². The Labute approximate surface area is 250 Å². The second-order valence-electron chi connectivity index (χ2n) is 8.58. The van der Waals surface area contributed by atoms with Gasteiger partial charge in [-0.25, -0.2) is 8.42 Å². The first-order chi connectivity index (χ1) is 19.1. The summed E-state index contributed by atoms with van der Waals surface area (Å²) in [5.74, 6) is 0.0821. The fourth-order valence-electron chi connectivity index (χ4n) is 3.88. The van der Waals surface area contributed by atoms with Gasteiger partial charge >= 0.3 is 0 Å². The maximum atomic E-state index is 13.2. The molecule has 1 amide bonds. The zero-order chi connectivity index (χ0) is 28.4. The highest BCUT2D eigenvalue weighted by molar-refractivity contribution is 7.92. The molecule has 202 valence electrons. The molecule has 5 aromatic rings. The zero-order valence-electron chi connectivity index (χ0n) is 20.3. The van der Waals surface area contributed by atoms with Crippen LogP contribution in [0.1, 0.15) is 10.4 Å². The number of rotatable bonds is 7. The number of benzene rings is 5. The first-order valence-electron chi connectivity index (χ1n) is 11.6.